The molecule has 0 heteroatoms. The predicted octanol–water partition coefficient (Wildman–Crippen LogP) is 4.53. The summed E-state index contributed by atoms with van der Waals surface area (Å²) in [5.74, 6) is 0.750. The van der Waals surface area contributed by atoms with Crippen molar-refractivity contribution < 1.29 is 0 Å². The average Bonchev–Trinajstić information content (AvgIpc) is 2.25. The van der Waals surface area contributed by atoms with Crippen molar-refractivity contribution in [3.05, 3.63) is 42.0 Å². The van der Waals surface area contributed by atoms with Crippen molar-refractivity contribution in [3.63, 3.8) is 0 Å². The van der Waals surface area contributed by atoms with Gasteiger partial charge >= 0.3 is 0 Å². The van der Waals surface area contributed by atoms with Gasteiger partial charge in [-0.1, -0.05) is 62.8 Å². The maximum Gasteiger partial charge on any atom is -0.0233 e. The molecule has 0 amide bonds. The molecule has 0 N–H and O–H groups in total. The standard InChI is InChI=1S/C14H20/c1-3-8-13(4-2)11-12-14-9-6-5-7-10-14/h5-7,9-13H,3-4,8H2,1-2H3. The Morgan fingerprint density at radius 3 is 2.43 bits per heavy atom. The minimum atomic E-state index is 0.750. The smallest absolute Gasteiger partial charge is 0.0233 e. The quantitative estimate of drug-likeness (QED) is 0.637. The molecule has 1 aromatic carbocycles. The molecule has 0 aliphatic carbocycles. The van der Waals surface area contributed by atoms with Gasteiger partial charge in [0.25, 0.3) is 0 Å². The van der Waals surface area contributed by atoms with Crippen LogP contribution in [0.15, 0.2) is 36.4 Å². The Kier molecular flexibility index (Phi) is 5.06. The molecule has 0 bridgehead atoms. The summed E-state index contributed by atoms with van der Waals surface area (Å²) in [7, 11) is 0. The van der Waals surface area contributed by atoms with E-state index in [0.29, 0.717) is 0 Å². The summed E-state index contributed by atoms with van der Waals surface area (Å²) in [4.78, 5) is 0. The van der Waals surface area contributed by atoms with Gasteiger partial charge in [-0.15, -0.1) is 0 Å². The first kappa shape index (κ1) is 11.0. The van der Waals surface area contributed by atoms with E-state index in [-0.39, 0.29) is 0 Å². The number of hydrogen-bond acceptors (Lipinski definition) is 0. The van der Waals surface area contributed by atoms with Gasteiger partial charge in [0.15, 0.2) is 0 Å². The summed E-state index contributed by atoms with van der Waals surface area (Å²) in [6.07, 6.45) is 8.41. The molecule has 0 aliphatic heterocycles. The second-order valence-corrected chi connectivity index (χ2v) is 3.73. The Bertz CT molecular complexity index is 259. The maximum atomic E-state index is 2.35. The summed E-state index contributed by atoms with van der Waals surface area (Å²) in [5, 5.41) is 0. The third-order valence-corrected chi connectivity index (χ3v) is 2.54. The highest BCUT2D eigenvalue weighted by Gasteiger charge is 1.98. The lowest BCUT2D eigenvalue weighted by Crippen LogP contribution is -1.92. The Morgan fingerprint density at radius 2 is 1.86 bits per heavy atom. The Hall–Kier alpha value is -1.04. The topological polar surface area (TPSA) is 0 Å². The maximum absolute atomic E-state index is 2.35. The highest BCUT2D eigenvalue weighted by atomic mass is 14.0. The summed E-state index contributed by atoms with van der Waals surface area (Å²) in [5.41, 5.74) is 1.31. The van der Waals surface area contributed by atoms with Gasteiger partial charge in [-0.25, -0.2) is 0 Å². The molecule has 0 spiro atoms. The third-order valence-electron chi connectivity index (χ3n) is 2.54. The molecule has 0 saturated carbocycles. The van der Waals surface area contributed by atoms with Crippen LogP contribution < -0.4 is 0 Å². The lowest BCUT2D eigenvalue weighted by Gasteiger charge is -2.06. The van der Waals surface area contributed by atoms with Crippen LogP contribution in [0, 0.1) is 5.92 Å². The average molecular weight is 188 g/mol. The van der Waals surface area contributed by atoms with Crippen LogP contribution >= 0.6 is 0 Å². The van der Waals surface area contributed by atoms with Crippen LogP contribution in [0.4, 0.5) is 0 Å². The van der Waals surface area contributed by atoms with E-state index in [1.54, 1.807) is 0 Å². The van der Waals surface area contributed by atoms with Crippen LogP contribution in [0.5, 0.6) is 0 Å². The van der Waals surface area contributed by atoms with Gasteiger partial charge in [0.05, 0.1) is 0 Å². The number of allylic oxidation sites excluding steroid dienone is 1. The zero-order valence-electron chi connectivity index (χ0n) is 9.24. The molecular formula is C14H20. The monoisotopic (exact) mass is 188 g/mol. The van der Waals surface area contributed by atoms with Crippen molar-refractivity contribution in [2.24, 2.45) is 5.92 Å². The largest absolute Gasteiger partial charge is 0.0808 e. The second-order valence-electron chi connectivity index (χ2n) is 3.73. The van der Waals surface area contributed by atoms with E-state index in [4.69, 9.17) is 0 Å². The lowest BCUT2D eigenvalue weighted by atomic mass is 9.99. The lowest BCUT2D eigenvalue weighted by molar-refractivity contribution is 0.565. The summed E-state index contributed by atoms with van der Waals surface area (Å²) >= 11 is 0. The summed E-state index contributed by atoms with van der Waals surface area (Å²) in [6, 6.07) is 10.5. The first-order valence-corrected chi connectivity index (χ1v) is 5.60. The summed E-state index contributed by atoms with van der Waals surface area (Å²) in [6.45, 7) is 4.51. The van der Waals surface area contributed by atoms with Crippen LogP contribution in [-0.4, -0.2) is 0 Å². The van der Waals surface area contributed by atoms with Gasteiger partial charge < -0.3 is 0 Å². The van der Waals surface area contributed by atoms with Crippen LogP contribution in [0.2, 0.25) is 0 Å². The zero-order chi connectivity index (χ0) is 10.2. The van der Waals surface area contributed by atoms with Crippen molar-refractivity contribution in [2.45, 2.75) is 33.1 Å². The number of hydrogen-bond donors (Lipinski definition) is 0. The second kappa shape index (κ2) is 6.42. The van der Waals surface area contributed by atoms with Crippen LogP contribution in [-0.2, 0) is 0 Å². The fourth-order valence-electron chi connectivity index (χ4n) is 1.62. The van der Waals surface area contributed by atoms with E-state index in [0.717, 1.165) is 5.92 Å². The number of rotatable bonds is 5. The molecule has 0 fully saturated rings. The van der Waals surface area contributed by atoms with Crippen molar-refractivity contribution in [1.82, 2.24) is 0 Å². The SMILES string of the molecule is CCCC(C=Cc1ccccc1)CC. The van der Waals surface area contributed by atoms with E-state index in [2.05, 4.69) is 56.3 Å². The van der Waals surface area contributed by atoms with Crippen LogP contribution in [0.3, 0.4) is 0 Å². The van der Waals surface area contributed by atoms with E-state index in [1.807, 2.05) is 0 Å². The van der Waals surface area contributed by atoms with E-state index in [9.17, 15) is 0 Å². The van der Waals surface area contributed by atoms with E-state index in [1.165, 1.54) is 24.8 Å². The van der Waals surface area contributed by atoms with Crippen LogP contribution in [0.1, 0.15) is 38.7 Å². The van der Waals surface area contributed by atoms with Gasteiger partial charge in [0.1, 0.15) is 0 Å². The highest BCUT2D eigenvalue weighted by Crippen LogP contribution is 2.14. The molecule has 1 rings (SSSR count). The van der Waals surface area contributed by atoms with Gasteiger partial charge in [0, 0.05) is 0 Å². The van der Waals surface area contributed by atoms with Gasteiger partial charge in [0.2, 0.25) is 0 Å². The molecule has 0 nitrogen and oxygen atoms in total. The molecule has 1 unspecified atom stereocenters. The first-order chi connectivity index (χ1) is 6.86. The molecular weight excluding hydrogens is 168 g/mol. The Labute approximate surface area is 87.7 Å². The molecule has 1 aromatic rings. The normalized spacial score (nSPS) is 13.3. The minimum absolute atomic E-state index is 0.750. The molecule has 0 radical (unpaired) electrons. The minimum Gasteiger partial charge on any atom is -0.0808 e. The molecule has 0 aliphatic rings. The molecule has 14 heavy (non-hydrogen) atoms. The molecule has 76 valence electrons. The highest BCUT2D eigenvalue weighted by molar-refractivity contribution is 5.48. The Balaban J connectivity index is 2.53. The van der Waals surface area contributed by atoms with Crippen LogP contribution in [0.25, 0.3) is 6.08 Å². The van der Waals surface area contributed by atoms with E-state index < -0.39 is 0 Å². The van der Waals surface area contributed by atoms with Crippen molar-refractivity contribution in [3.8, 4) is 0 Å². The third kappa shape index (κ3) is 3.78. The number of benzene rings is 1. The molecule has 1 atom stereocenters. The van der Waals surface area contributed by atoms with Crippen molar-refractivity contribution >= 4 is 6.08 Å². The van der Waals surface area contributed by atoms with Gasteiger partial charge in [-0.2, -0.15) is 0 Å². The molecule has 0 heterocycles. The van der Waals surface area contributed by atoms with Crippen molar-refractivity contribution in [1.29, 1.82) is 0 Å². The zero-order valence-corrected chi connectivity index (χ0v) is 9.24. The van der Waals surface area contributed by atoms with Crippen molar-refractivity contribution in [2.75, 3.05) is 0 Å². The predicted molar refractivity (Wildman–Crippen MR) is 64.2 cm³/mol. The molecule has 0 aromatic heterocycles. The first-order valence-electron chi connectivity index (χ1n) is 5.60. The fraction of sp³-hybridized carbons (Fsp3) is 0.429. The summed E-state index contributed by atoms with van der Waals surface area (Å²) < 4.78 is 0. The Morgan fingerprint density at radius 1 is 1.14 bits per heavy atom. The molecule has 0 saturated heterocycles. The van der Waals surface area contributed by atoms with Gasteiger partial charge in [-0.05, 0) is 24.3 Å². The van der Waals surface area contributed by atoms with Gasteiger partial charge in [-0.3, -0.25) is 0 Å². The fourth-order valence-corrected chi connectivity index (χ4v) is 1.62. The van der Waals surface area contributed by atoms with E-state index >= 15 is 0 Å².